The largest absolute Gasteiger partial charge is 0.394 e. The lowest BCUT2D eigenvalue weighted by Crippen LogP contribution is -2.59. The highest BCUT2D eigenvalue weighted by Gasteiger charge is 2.44. The van der Waals surface area contributed by atoms with Gasteiger partial charge in [0.25, 0.3) is 0 Å². The van der Waals surface area contributed by atoms with Gasteiger partial charge in [-0.25, -0.2) is 0 Å². The van der Waals surface area contributed by atoms with Crippen LogP contribution in [0.15, 0.2) is 0 Å². The number of rotatable bonds is 12. The maximum absolute atomic E-state index is 9.86. The topological polar surface area (TPSA) is 132 Å². The van der Waals surface area contributed by atoms with E-state index in [1.54, 1.807) is 0 Å². The van der Waals surface area contributed by atoms with Gasteiger partial charge < -0.3 is 40.3 Å². The number of hydrogen-bond donors (Lipinski definition) is 6. The molecule has 8 nitrogen and oxygen atoms in total. The molecule has 144 valence electrons. The minimum Gasteiger partial charge on any atom is -0.394 e. The molecule has 24 heavy (non-hydrogen) atoms. The Morgan fingerprint density at radius 1 is 1.04 bits per heavy atom. The van der Waals surface area contributed by atoms with Crippen molar-refractivity contribution in [3.8, 4) is 0 Å². The first-order chi connectivity index (χ1) is 11.5. The Kier molecular flexibility index (Phi) is 11.0. The van der Waals surface area contributed by atoms with Crippen LogP contribution >= 0.6 is 0 Å². The summed E-state index contributed by atoms with van der Waals surface area (Å²) < 4.78 is 10.5. The van der Waals surface area contributed by atoms with Gasteiger partial charge in [0.1, 0.15) is 24.4 Å². The fourth-order valence-corrected chi connectivity index (χ4v) is 2.59. The summed E-state index contributed by atoms with van der Waals surface area (Å²) in [5.41, 5.74) is 0. The lowest BCUT2D eigenvalue weighted by molar-refractivity contribution is -0.304. The van der Waals surface area contributed by atoms with Gasteiger partial charge in [0, 0.05) is 6.54 Å². The molecule has 1 heterocycles. The summed E-state index contributed by atoms with van der Waals surface area (Å²) in [6.45, 7) is 2.74. The second kappa shape index (κ2) is 12.1. The van der Waals surface area contributed by atoms with Crippen LogP contribution < -0.4 is 5.32 Å². The number of hydrogen-bond acceptors (Lipinski definition) is 8. The minimum atomic E-state index is -1.47. The zero-order valence-corrected chi connectivity index (χ0v) is 14.4. The van der Waals surface area contributed by atoms with E-state index in [1.165, 1.54) is 19.3 Å². The molecule has 1 aliphatic rings. The van der Waals surface area contributed by atoms with E-state index in [0.29, 0.717) is 6.54 Å². The standard InChI is InChI=1S/C16H33NO7/c1-2-3-4-5-6-7-17-8-11(19)10-23-16-15(22)14(21)13(20)12(9-18)24-16/h11-22H,2-10H2,1H3/t11?,12-,13+,14+,15-,16+/m1/s1. The molecular weight excluding hydrogens is 318 g/mol. The first kappa shape index (κ1) is 21.7. The van der Waals surface area contributed by atoms with Crippen molar-refractivity contribution in [1.82, 2.24) is 5.32 Å². The van der Waals surface area contributed by atoms with Gasteiger partial charge in [-0.3, -0.25) is 0 Å². The second-order valence-electron chi connectivity index (χ2n) is 6.30. The summed E-state index contributed by atoms with van der Waals surface area (Å²) >= 11 is 0. The van der Waals surface area contributed by atoms with Gasteiger partial charge in [-0.1, -0.05) is 32.6 Å². The Balaban J connectivity index is 2.17. The molecule has 1 rings (SSSR count). The van der Waals surface area contributed by atoms with Crippen LogP contribution in [0.2, 0.25) is 0 Å². The predicted molar refractivity (Wildman–Crippen MR) is 87.4 cm³/mol. The van der Waals surface area contributed by atoms with Crippen LogP contribution in [-0.2, 0) is 9.47 Å². The monoisotopic (exact) mass is 351 g/mol. The van der Waals surface area contributed by atoms with E-state index in [0.717, 1.165) is 19.4 Å². The minimum absolute atomic E-state index is 0.0917. The Morgan fingerprint density at radius 2 is 1.75 bits per heavy atom. The molecule has 0 aliphatic carbocycles. The first-order valence-corrected chi connectivity index (χ1v) is 8.82. The summed E-state index contributed by atoms with van der Waals surface area (Å²) in [6, 6.07) is 0. The van der Waals surface area contributed by atoms with E-state index in [9.17, 15) is 20.4 Å². The lowest BCUT2D eigenvalue weighted by atomic mass is 9.99. The van der Waals surface area contributed by atoms with Crippen molar-refractivity contribution >= 4 is 0 Å². The third-order valence-electron chi connectivity index (χ3n) is 4.14. The van der Waals surface area contributed by atoms with Crippen molar-refractivity contribution in [2.24, 2.45) is 0 Å². The van der Waals surface area contributed by atoms with Gasteiger partial charge in [0.05, 0.1) is 19.3 Å². The number of aliphatic hydroxyl groups excluding tert-OH is 5. The number of unbranched alkanes of at least 4 members (excludes halogenated alkanes) is 4. The Morgan fingerprint density at radius 3 is 2.42 bits per heavy atom. The zero-order chi connectivity index (χ0) is 17.9. The number of nitrogens with one attached hydrogen (secondary N) is 1. The van der Waals surface area contributed by atoms with Crippen molar-refractivity contribution in [1.29, 1.82) is 0 Å². The SMILES string of the molecule is CCCCCCCNCC(O)CO[C@H]1O[C@H](CO)[C@H](O)[C@H](O)[C@H]1O. The maximum Gasteiger partial charge on any atom is 0.186 e. The smallest absolute Gasteiger partial charge is 0.186 e. The molecule has 1 aliphatic heterocycles. The van der Waals surface area contributed by atoms with Crippen LogP contribution in [0.25, 0.3) is 0 Å². The second-order valence-corrected chi connectivity index (χ2v) is 6.30. The lowest BCUT2D eigenvalue weighted by Gasteiger charge is -2.39. The van der Waals surface area contributed by atoms with Gasteiger partial charge in [-0.2, -0.15) is 0 Å². The Hall–Kier alpha value is -0.320. The average Bonchev–Trinajstić information content (AvgIpc) is 2.58. The molecule has 6 atom stereocenters. The quantitative estimate of drug-likeness (QED) is 0.240. The van der Waals surface area contributed by atoms with Crippen LogP contribution in [0.1, 0.15) is 39.0 Å². The van der Waals surface area contributed by atoms with E-state index < -0.39 is 43.4 Å². The van der Waals surface area contributed by atoms with Crippen molar-refractivity contribution in [2.45, 2.75) is 75.8 Å². The number of aliphatic hydroxyl groups is 5. The van der Waals surface area contributed by atoms with Gasteiger partial charge in [0.15, 0.2) is 6.29 Å². The normalized spacial score (nSPS) is 32.0. The molecule has 0 bridgehead atoms. The van der Waals surface area contributed by atoms with E-state index in [4.69, 9.17) is 14.6 Å². The first-order valence-electron chi connectivity index (χ1n) is 8.82. The average molecular weight is 351 g/mol. The molecule has 0 aromatic heterocycles. The zero-order valence-electron chi connectivity index (χ0n) is 14.4. The highest BCUT2D eigenvalue weighted by molar-refractivity contribution is 4.88. The third kappa shape index (κ3) is 7.28. The maximum atomic E-state index is 9.86. The summed E-state index contributed by atoms with van der Waals surface area (Å²) in [6.07, 6.45) is -1.43. The molecule has 1 unspecified atom stereocenters. The van der Waals surface area contributed by atoms with Crippen LogP contribution in [0, 0.1) is 0 Å². The molecule has 8 heteroatoms. The molecule has 0 amide bonds. The summed E-state index contributed by atoms with van der Waals surface area (Å²) in [5, 5.41) is 51.2. The molecular formula is C16H33NO7. The highest BCUT2D eigenvalue weighted by atomic mass is 16.7. The molecule has 1 fully saturated rings. The van der Waals surface area contributed by atoms with Crippen LogP contribution in [0.4, 0.5) is 0 Å². The fraction of sp³-hybridized carbons (Fsp3) is 1.00. The summed E-state index contributed by atoms with van der Waals surface area (Å²) in [4.78, 5) is 0. The summed E-state index contributed by atoms with van der Waals surface area (Å²) in [5.74, 6) is 0. The Bertz CT molecular complexity index is 319. The predicted octanol–water partition coefficient (Wildman–Crippen LogP) is -1.28. The molecule has 1 saturated heterocycles. The van der Waals surface area contributed by atoms with Gasteiger partial charge >= 0.3 is 0 Å². The van der Waals surface area contributed by atoms with Crippen molar-refractivity contribution in [2.75, 3.05) is 26.3 Å². The third-order valence-corrected chi connectivity index (χ3v) is 4.14. The molecule has 6 N–H and O–H groups in total. The van der Waals surface area contributed by atoms with Crippen molar-refractivity contribution in [3.63, 3.8) is 0 Å². The van der Waals surface area contributed by atoms with Crippen LogP contribution in [0.3, 0.4) is 0 Å². The summed E-state index contributed by atoms with van der Waals surface area (Å²) in [7, 11) is 0. The molecule has 0 spiro atoms. The molecule has 0 aromatic carbocycles. The van der Waals surface area contributed by atoms with Crippen LogP contribution in [-0.4, -0.2) is 88.6 Å². The van der Waals surface area contributed by atoms with Crippen molar-refractivity contribution in [3.05, 3.63) is 0 Å². The van der Waals surface area contributed by atoms with E-state index in [1.807, 2.05) is 0 Å². The fourth-order valence-electron chi connectivity index (χ4n) is 2.59. The van der Waals surface area contributed by atoms with E-state index >= 15 is 0 Å². The molecule has 0 aromatic rings. The van der Waals surface area contributed by atoms with Crippen LogP contribution in [0.5, 0.6) is 0 Å². The van der Waals surface area contributed by atoms with Crippen molar-refractivity contribution < 1.29 is 35.0 Å². The Labute approximate surface area is 143 Å². The van der Waals surface area contributed by atoms with E-state index in [-0.39, 0.29) is 6.61 Å². The number of ether oxygens (including phenoxy) is 2. The van der Waals surface area contributed by atoms with Gasteiger partial charge in [-0.05, 0) is 13.0 Å². The molecule has 0 saturated carbocycles. The molecule has 0 radical (unpaired) electrons. The highest BCUT2D eigenvalue weighted by Crippen LogP contribution is 2.21. The van der Waals surface area contributed by atoms with Gasteiger partial charge in [-0.15, -0.1) is 0 Å². The van der Waals surface area contributed by atoms with E-state index in [2.05, 4.69) is 12.2 Å². The van der Waals surface area contributed by atoms with Gasteiger partial charge in [0.2, 0.25) is 0 Å².